The van der Waals surface area contributed by atoms with Crippen LogP contribution in [0.25, 0.3) is 0 Å². The van der Waals surface area contributed by atoms with Crippen LogP contribution in [-0.4, -0.2) is 63.8 Å². The Labute approximate surface area is 177 Å². The summed E-state index contributed by atoms with van der Waals surface area (Å²) in [4.78, 5) is 17.2. The Balaban J connectivity index is 1.80. The first-order chi connectivity index (χ1) is 13.6. The van der Waals surface area contributed by atoms with Crippen LogP contribution in [0.15, 0.2) is 41.3 Å². The van der Waals surface area contributed by atoms with Crippen LogP contribution < -0.4 is 4.90 Å². The molecule has 2 aromatic rings. The zero-order valence-electron chi connectivity index (χ0n) is 17.1. The summed E-state index contributed by atoms with van der Waals surface area (Å²) in [6, 6.07) is 11.0. The molecule has 0 radical (unpaired) electrons. The van der Waals surface area contributed by atoms with Gasteiger partial charge in [-0.3, -0.25) is 4.79 Å². The lowest BCUT2D eigenvalue weighted by Gasteiger charge is -2.36. The Bertz CT molecular complexity index is 1030. The number of anilines is 1. The highest BCUT2D eigenvalue weighted by molar-refractivity contribution is 7.89. The van der Waals surface area contributed by atoms with Gasteiger partial charge in [0.15, 0.2) is 0 Å². The number of benzene rings is 2. The average molecular weight is 436 g/mol. The molecule has 0 aliphatic carbocycles. The van der Waals surface area contributed by atoms with Crippen molar-refractivity contribution in [1.82, 2.24) is 9.21 Å². The van der Waals surface area contributed by atoms with Crippen LogP contribution >= 0.6 is 11.6 Å². The fourth-order valence-electron chi connectivity index (χ4n) is 3.44. The van der Waals surface area contributed by atoms with Crippen molar-refractivity contribution in [2.24, 2.45) is 0 Å². The molecule has 1 aliphatic rings. The molecule has 0 aromatic heterocycles. The second-order valence-electron chi connectivity index (χ2n) is 7.46. The first kappa shape index (κ1) is 21.6. The van der Waals surface area contributed by atoms with Crippen molar-refractivity contribution in [3.63, 3.8) is 0 Å². The summed E-state index contributed by atoms with van der Waals surface area (Å²) in [7, 11) is -0.636. The van der Waals surface area contributed by atoms with Gasteiger partial charge in [0.05, 0.1) is 4.90 Å². The van der Waals surface area contributed by atoms with Crippen molar-refractivity contribution in [2.45, 2.75) is 18.7 Å². The van der Waals surface area contributed by atoms with E-state index in [-0.39, 0.29) is 10.8 Å². The van der Waals surface area contributed by atoms with Gasteiger partial charge in [-0.25, -0.2) is 12.7 Å². The average Bonchev–Trinajstić information content (AvgIpc) is 2.69. The Morgan fingerprint density at radius 3 is 2.28 bits per heavy atom. The van der Waals surface area contributed by atoms with Crippen molar-refractivity contribution >= 4 is 33.2 Å². The zero-order chi connectivity index (χ0) is 21.3. The van der Waals surface area contributed by atoms with Gasteiger partial charge in [0, 0.05) is 56.5 Å². The van der Waals surface area contributed by atoms with E-state index in [0.29, 0.717) is 42.3 Å². The molecular formula is C21H26ClN3O3S. The molecule has 156 valence electrons. The van der Waals surface area contributed by atoms with Crippen molar-refractivity contribution in [2.75, 3.05) is 45.2 Å². The molecule has 0 saturated carbocycles. The quantitative estimate of drug-likeness (QED) is 0.740. The number of sulfonamides is 1. The van der Waals surface area contributed by atoms with E-state index < -0.39 is 10.0 Å². The fourth-order valence-corrected chi connectivity index (χ4v) is 4.84. The number of amides is 1. The molecule has 0 bridgehead atoms. The number of halogens is 1. The summed E-state index contributed by atoms with van der Waals surface area (Å²) < 4.78 is 26.5. The molecule has 1 fully saturated rings. The van der Waals surface area contributed by atoms with Gasteiger partial charge in [0.2, 0.25) is 10.0 Å². The molecule has 0 unspecified atom stereocenters. The van der Waals surface area contributed by atoms with Gasteiger partial charge in [0.25, 0.3) is 5.91 Å². The van der Waals surface area contributed by atoms with Crippen molar-refractivity contribution in [3.05, 3.63) is 58.1 Å². The second-order valence-corrected chi connectivity index (χ2v) is 10.0. The first-order valence-electron chi connectivity index (χ1n) is 9.45. The summed E-state index contributed by atoms with van der Waals surface area (Å²) in [5.74, 6) is -0.144. The van der Waals surface area contributed by atoms with Crippen LogP contribution in [0.1, 0.15) is 21.5 Å². The Hall–Kier alpha value is -2.09. The van der Waals surface area contributed by atoms with Crippen LogP contribution in [0.2, 0.25) is 5.02 Å². The first-order valence-corrected chi connectivity index (χ1v) is 11.3. The Kier molecular flexibility index (Phi) is 6.22. The monoisotopic (exact) mass is 435 g/mol. The minimum Gasteiger partial charge on any atom is -0.368 e. The topological polar surface area (TPSA) is 60.9 Å². The predicted octanol–water partition coefficient (Wildman–Crippen LogP) is 3.17. The summed E-state index contributed by atoms with van der Waals surface area (Å²) >= 11 is 6.08. The van der Waals surface area contributed by atoms with Gasteiger partial charge >= 0.3 is 0 Å². The van der Waals surface area contributed by atoms with E-state index in [1.807, 2.05) is 31.2 Å². The van der Waals surface area contributed by atoms with Gasteiger partial charge < -0.3 is 9.80 Å². The Morgan fingerprint density at radius 1 is 1.03 bits per heavy atom. The van der Waals surface area contributed by atoms with Gasteiger partial charge in [0.1, 0.15) is 0 Å². The number of carbonyl (C=O) groups is 1. The van der Waals surface area contributed by atoms with E-state index in [1.165, 1.54) is 24.5 Å². The number of piperazine rings is 1. The highest BCUT2D eigenvalue weighted by Gasteiger charge is 2.26. The number of carbonyl (C=O) groups excluding carboxylic acids is 1. The largest absolute Gasteiger partial charge is 0.368 e. The normalized spacial score (nSPS) is 15.1. The molecule has 0 spiro atoms. The lowest BCUT2D eigenvalue weighted by molar-refractivity contribution is 0.0746. The fraction of sp³-hybridized carbons (Fsp3) is 0.381. The van der Waals surface area contributed by atoms with Crippen LogP contribution in [-0.2, 0) is 10.0 Å². The molecule has 1 amide bonds. The van der Waals surface area contributed by atoms with E-state index in [2.05, 4.69) is 4.90 Å². The Morgan fingerprint density at radius 2 is 1.69 bits per heavy atom. The van der Waals surface area contributed by atoms with Gasteiger partial charge in [-0.1, -0.05) is 17.7 Å². The minimum absolute atomic E-state index is 0.144. The predicted molar refractivity (Wildman–Crippen MR) is 116 cm³/mol. The summed E-state index contributed by atoms with van der Waals surface area (Å²) in [5.41, 5.74) is 2.90. The molecule has 3 rings (SSSR count). The number of hydrogen-bond acceptors (Lipinski definition) is 4. The SMILES string of the molecule is Cc1cc(C(=O)N2CCN(c3cccc(Cl)c3)CC2)cc(S(=O)(=O)N(C)C)c1C. The smallest absolute Gasteiger partial charge is 0.254 e. The van der Waals surface area contributed by atoms with Gasteiger partial charge in [-0.2, -0.15) is 0 Å². The van der Waals surface area contributed by atoms with E-state index in [9.17, 15) is 13.2 Å². The molecule has 0 atom stereocenters. The molecule has 2 aromatic carbocycles. The van der Waals surface area contributed by atoms with E-state index in [4.69, 9.17) is 11.6 Å². The number of hydrogen-bond donors (Lipinski definition) is 0. The molecule has 1 saturated heterocycles. The summed E-state index contributed by atoms with van der Waals surface area (Å²) in [6.45, 7) is 6.11. The maximum atomic E-state index is 13.1. The highest BCUT2D eigenvalue weighted by atomic mass is 35.5. The standard InChI is InChI=1S/C21H26ClN3O3S/c1-15-12-17(13-20(16(15)2)29(27,28)23(3)4)21(26)25-10-8-24(9-11-25)19-7-5-6-18(22)14-19/h5-7,12-14H,8-11H2,1-4H3. The van der Waals surface area contributed by atoms with Crippen LogP contribution in [0.4, 0.5) is 5.69 Å². The summed E-state index contributed by atoms with van der Waals surface area (Å²) in [5, 5.41) is 0.686. The molecule has 6 nitrogen and oxygen atoms in total. The van der Waals surface area contributed by atoms with Crippen molar-refractivity contribution in [1.29, 1.82) is 0 Å². The number of rotatable bonds is 4. The molecule has 8 heteroatoms. The van der Waals surface area contributed by atoms with Crippen LogP contribution in [0.5, 0.6) is 0 Å². The molecule has 29 heavy (non-hydrogen) atoms. The summed E-state index contributed by atoms with van der Waals surface area (Å²) in [6.07, 6.45) is 0. The number of aryl methyl sites for hydroxylation is 1. The van der Waals surface area contributed by atoms with Crippen molar-refractivity contribution < 1.29 is 13.2 Å². The maximum Gasteiger partial charge on any atom is 0.254 e. The third-order valence-electron chi connectivity index (χ3n) is 5.37. The van der Waals surface area contributed by atoms with Gasteiger partial charge in [-0.05, 0) is 55.3 Å². The number of nitrogens with zero attached hydrogens (tertiary/aromatic N) is 3. The molecular weight excluding hydrogens is 410 g/mol. The molecule has 1 heterocycles. The van der Waals surface area contributed by atoms with Crippen molar-refractivity contribution in [3.8, 4) is 0 Å². The lowest BCUT2D eigenvalue weighted by Crippen LogP contribution is -2.48. The second kappa shape index (κ2) is 8.34. The van der Waals surface area contributed by atoms with Crippen LogP contribution in [0, 0.1) is 13.8 Å². The van der Waals surface area contributed by atoms with Gasteiger partial charge in [-0.15, -0.1) is 0 Å². The zero-order valence-corrected chi connectivity index (χ0v) is 18.7. The molecule has 0 N–H and O–H groups in total. The molecule has 1 aliphatic heterocycles. The third-order valence-corrected chi connectivity index (χ3v) is 7.54. The third kappa shape index (κ3) is 4.42. The maximum absolute atomic E-state index is 13.1. The van der Waals surface area contributed by atoms with E-state index in [1.54, 1.807) is 17.9 Å². The highest BCUT2D eigenvalue weighted by Crippen LogP contribution is 2.25. The van der Waals surface area contributed by atoms with E-state index >= 15 is 0 Å². The van der Waals surface area contributed by atoms with E-state index in [0.717, 1.165) is 11.3 Å². The van der Waals surface area contributed by atoms with Crippen LogP contribution in [0.3, 0.4) is 0 Å². The lowest BCUT2D eigenvalue weighted by atomic mass is 10.0. The minimum atomic E-state index is -3.62.